The molecule has 2 amide bonds. The highest BCUT2D eigenvalue weighted by Crippen LogP contribution is 2.34. The number of nitrogens with zero attached hydrogens (tertiary/aromatic N) is 2. The maximum Gasteiger partial charge on any atom is 0.244 e. The topological polar surface area (TPSA) is 86.8 Å². The Kier molecular flexibility index (Phi) is 10.0. The molecule has 0 aliphatic carbocycles. The van der Waals surface area contributed by atoms with Crippen molar-refractivity contribution in [3.05, 3.63) is 100 Å². The van der Waals surface area contributed by atoms with E-state index in [2.05, 4.69) is 5.32 Å². The van der Waals surface area contributed by atoms with Gasteiger partial charge in [0.25, 0.3) is 0 Å². The predicted octanol–water partition coefficient (Wildman–Crippen LogP) is 5.31. The summed E-state index contributed by atoms with van der Waals surface area (Å²) in [5.41, 5.74) is 1.17. The zero-order chi connectivity index (χ0) is 28.8. The first kappa shape index (κ1) is 30.5. The largest absolute Gasteiger partial charge is 0.350 e. The van der Waals surface area contributed by atoms with Gasteiger partial charge in [-0.3, -0.25) is 13.9 Å². The molecule has 0 fully saturated rings. The minimum Gasteiger partial charge on any atom is -0.350 e. The van der Waals surface area contributed by atoms with Gasteiger partial charge in [0.1, 0.15) is 12.6 Å². The van der Waals surface area contributed by atoms with E-state index in [0.717, 1.165) is 21.7 Å². The first-order valence-electron chi connectivity index (χ1n) is 12.4. The van der Waals surface area contributed by atoms with Crippen molar-refractivity contribution in [1.82, 2.24) is 10.2 Å². The molecule has 3 rings (SSSR count). The van der Waals surface area contributed by atoms with Gasteiger partial charge in [-0.1, -0.05) is 89.9 Å². The minimum atomic E-state index is -3.95. The van der Waals surface area contributed by atoms with E-state index in [4.69, 9.17) is 23.2 Å². The fraction of sp³-hybridized carbons (Fsp3) is 0.310. The Balaban J connectivity index is 2.08. The number of carbonyl (C=O) groups excluding carboxylic acids is 2. The lowest BCUT2D eigenvalue weighted by atomic mass is 10.0. The summed E-state index contributed by atoms with van der Waals surface area (Å²) < 4.78 is 26.7. The van der Waals surface area contributed by atoms with E-state index in [-0.39, 0.29) is 34.6 Å². The highest BCUT2D eigenvalue weighted by atomic mass is 35.5. The van der Waals surface area contributed by atoms with Crippen LogP contribution in [0.2, 0.25) is 10.0 Å². The molecular formula is C29H33Cl2N3O4S. The third-order valence-corrected chi connectivity index (χ3v) is 7.78. The molecule has 7 nitrogen and oxygen atoms in total. The van der Waals surface area contributed by atoms with Crippen LogP contribution in [-0.2, 0) is 32.6 Å². The van der Waals surface area contributed by atoms with Crippen molar-refractivity contribution in [2.75, 3.05) is 17.1 Å². The summed E-state index contributed by atoms with van der Waals surface area (Å²) in [7, 11) is -3.95. The highest BCUT2D eigenvalue weighted by Gasteiger charge is 2.34. The van der Waals surface area contributed by atoms with Crippen LogP contribution in [0.15, 0.2) is 78.9 Å². The Labute approximate surface area is 240 Å². The van der Waals surface area contributed by atoms with Gasteiger partial charge in [-0.05, 0) is 44.0 Å². The minimum absolute atomic E-state index is 0.0123. The van der Waals surface area contributed by atoms with Gasteiger partial charge in [0, 0.05) is 18.5 Å². The Morgan fingerprint density at radius 2 is 1.44 bits per heavy atom. The van der Waals surface area contributed by atoms with Crippen molar-refractivity contribution in [2.24, 2.45) is 0 Å². The van der Waals surface area contributed by atoms with Crippen molar-refractivity contribution in [1.29, 1.82) is 0 Å². The number of rotatable bonds is 10. The first-order valence-corrected chi connectivity index (χ1v) is 15.0. The summed E-state index contributed by atoms with van der Waals surface area (Å²) in [6, 6.07) is 22.3. The normalized spacial score (nSPS) is 12.5. The smallest absolute Gasteiger partial charge is 0.244 e. The molecule has 1 N–H and O–H groups in total. The predicted molar refractivity (Wildman–Crippen MR) is 157 cm³/mol. The summed E-state index contributed by atoms with van der Waals surface area (Å²) in [6.07, 6.45) is 1.23. The molecule has 0 radical (unpaired) electrons. The molecule has 0 bridgehead atoms. The fourth-order valence-corrected chi connectivity index (χ4v) is 5.37. The average molecular weight is 591 g/mol. The van der Waals surface area contributed by atoms with E-state index < -0.39 is 34.1 Å². The number of hydrogen-bond donors (Lipinski definition) is 1. The van der Waals surface area contributed by atoms with Crippen LogP contribution < -0.4 is 9.62 Å². The summed E-state index contributed by atoms with van der Waals surface area (Å²) in [5, 5.41) is 3.16. The lowest BCUT2D eigenvalue weighted by molar-refractivity contribution is -0.140. The number of nitrogens with one attached hydrogen (secondary N) is 1. The summed E-state index contributed by atoms with van der Waals surface area (Å²) >= 11 is 12.5. The molecule has 0 spiro atoms. The third kappa shape index (κ3) is 8.71. The number of anilines is 1. The summed E-state index contributed by atoms with van der Waals surface area (Å²) in [5.74, 6) is -0.910. The van der Waals surface area contributed by atoms with Crippen LogP contribution in [0, 0.1) is 0 Å². The van der Waals surface area contributed by atoms with Crippen LogP contribution in [0.4, 0.5) is 5.69 Å². The molecule has 0 saturated carbocycles. The van der Waals surface area contributed by atoms with Gasteiger partial charge in [-0.25, -0.2) is 8.42 Å². The van der Waals surface area contributed by atoms with Crippen molar-refractivity contribution in [3.8, 4) is 0 Å². The monoisotopic (exact) mass is 589 g/mol. The van der Waals surface area contributed by atoms with Crippen LogP contribution in [0.25, 0.3) is 0 Å². The zero-order valence-corrected chi connectivity index (χ0v) is 24.7. The lowest BCUT2D eigenvalue weighted by Crippen LogP contribution is -2.56. The quantitative estimate of drug-likeness (QED) is 0.347. The van der Waals surface area contributed by atoms with Crippen molar-refractivity contribution >= 4 is 50.7 Å². The van der Waals surface area contributed by atoms with Gasteiger partial charge in [0.2, 0.25) is 21.8 Å². The number of benzene rings is 3. The van der Waals surface area contributed by atoms with Gasteiger partial charge in [0.15, 0.2) is 0 Å². The van der Waals surface area contributed by atoms with Crippen LogP contribution >= 0.6 is 23.2 Å². The van der Waals surface area contributed by atoms with E-state index in [1.807, 2.05) is 81.4 Å². The lowest BCUT2D eigenvalue weighted by Gasteiger charge is -2.35. The van der Waals surface area contributed by atoms with Gasteiger partial charge >= 0.3 is 0 Å². The van der Waals surface area contributed by atoms with Gasteiger partial charge < -0.3 is 10.2 Å². The SMILES string of the molecule is CC(C)(C)NC(=O)[C@@H](Cc1ccccc1)N(Cc1ccccc1)C(=O)CN(c1cccc(Cl)c1Cl)S(C)(=O)=O. The Hall–Kier alpha value is -3.07. The van der Waals surface area contributed by atoms with E-state index >= 15 is 0 Å². The zero-order valence-electron chi connectivity index (χ0n) is 22.4. The Morgan fingerprint density at radius 3 is 1.97 bits per heavy atom. The van der Waals surface area contributed by atoms with Gasteiger partial charge in [0.05, 0.1) is 22.0 Å². The van der Waals surface area contributed by atoms with Crippen molar-refractivity contribution < 1.29 is 18.0 Å². The van der Waals surface area contributed by atoms with E-state index in [1.54, 1.807) is 6.07 Å². The molecule has 0 aliphatic heterocycles. The standard InChI is InChI=1S/C29H33Cl2N3O4S/c1-29(2,3)32-28(36)25(18-21-12-7-5-8-13-21)33(19-22-14-9-6-10-15-22)26(35)20-34(39(4,37)38)24-17-11-16-23(30)27(24)31/h5-17,25H,18-20H2,1-4H3,(H,32,36)/t25-/m1/s1. The molecule has 3 aromatic carbocycles. The number of halogens is 2. The Morgan fingerprint density at radius 1 is 0.872 bits per heavy atom. The number of amides is 2. The summed E-state index contributed by atoms with van der Waals surface area (Å²) in [6.45, 7) is 5.11. The van der Waals surface area contributed by atoms with Crippen LogP contribution in [-0.4, -0.2) is 49.5 Å². The average Bonchev–Trinajstić information content (AvgIpc) is 2.86. The Bertz CT molecular complexity index is 1400. The molecule has 208 valence electrons. The molecule has 0 aromatic heterocycles. The van der Waals surface area contributed by atoms with Crippen LogP contribution in [0.5, 0.6) is 0 Å². The van der Waals surface area contributed by atoms with E-state index in [0.29, 0.717) is 0 Å². The third-order valence-electron chi connectivity index (χ3n) is 5.84. The molecule has 0 aliphatic rings. The molecule has 0 heterocycles. The first-order chi connectivity index (χ1) is 18.3. The van der Waals surface area contributed by atoms with Crippen molar-refractivity contribution in [3.63, 3.8) is 0 Å². The molecule has 0 saturated heterocycles. The number of hydrogen-bond acceptors (Lipinski definition) is 4. The van der Waals surface area contributed by atoms with Gasteiger partial charge in [-0.2, -0.15) is 0 Å². The molecule has 39 heavy (non-hydrogen) atoms. The van der Waals surface area contributed by atoms with E-state index in [9.17, 15) is 18.0 Å². The second-order valence-electron chi connectivity index (χ2n) is 10.3. The molecular weight excluding hydrogens is 557 g/mol. The van der Waals surface area contributed by atoms with Crippen molar-refractivity contribution in [2.45, 2.75) is 45.3 Å². The van der Waals surface area contributed by atoms with E-state index in [1.165, 1.54) is 17.0 Å². The molecule has 0 unspecified atom stereocenters. The van der Waals surface area contributed by atoms with Crippen LogP contribution in [0.1, 0.15) is 31.9 Å². The van der Waals surface area contributed by atoms with Gasteiger partial charge in [-0.15, -0.1) is 0 Å². The fourth-order valence-electron chi connectivity index (χ4n) is 4.07. The molecule has 3 aromatic rings. The molecule has 1 atom stereocenters. The number of carbonyl (C=O) groups is 2. The second kappa shape index (κ2) is 12.9. The maximum atomic E-state index is 14.0. The number of sulfonamides is 1. The highest BCUT2D eigenvalue weighted by molar-refractivity contribution is 7.92. The summed E-state index contributed by atoms with van der Waals surface area (Å²) in [4.78, 5) is 29.1. The maximum absolute atomic E-state index is 14.0. The van der Waals surface area contributed by atoms with Crippen LogP contribution in [0.3, 0.4) is 0 Å². The molecule has 10 heteroatoms. The second-order valence-corrected chi connectivity index (χ2v) is 13.0.